The van der Waals surface area contributed by atoms with Gasteiger partial charge in [0.1, 0.15) is 0 Å². The second-order valence-corrected chi connectivity index (χ2v) is 2.36. The maximum absolute atomic E-state index is 6.94. The van der Waals surface area contributed by atoms with E-state index in [0.29, 0.717) is 5.41 Å². The lowest BCUT2D eigenvalue weighted by molar-refractivity contribution is 0.681. The Morgan fingerprint density at radius 2 is 2.29 bits per heavy atom. The van der Waals surface area contributed by atoms with Crippen molar-refractivity contribution in [2.45, 2.75) is 26.2 Å². The Morgan fingerprint density at radius 1 is 1.71 bits per heavy atom. The van der Waals surface area contributed by atoms with E-state index in [1.165, 1.54) is 12.8 Å². The van der Waals surface area contributed by atoms with Crippen LogP contribution in [0.2, 0.25) is 0 Å². The third kappa shape index (κ3) is 0.671. The van der Waals surface area contributed by atoms with Crippen LogP contribution in [0.15, 0.2) is 0 Å². The van der Waals surface area contributed by atoms with Crippen molar-refractivity contribution < 1.29 is 0 Å². The molecule has 0 radical (unpaired) electrons. The number of rotatable bonds is 2. The molecule has 0 unspecified atom stereocenters. The van der Waals surface area contributed by atoms with Crippen molar-refractivity contribution in [3.63, 3.8) is 0 Å². The van der Waals surface area contributed by atoms with Gasteiger partial charge in [-0.2, -0.15) is 0 Å². The molecule has 0 aromatic rings. The first kappa shape index (κ1) is 4.82. The molecule has 1 heteroatoms. The van der Waals surface area contributed by atoms with Crippen molar-refractivity contribution in [3.05, 3.63) is 0 Å². The first-order valence-corrected chi connectivity index (χ1v) is 2.85. The molecule has 7 heavy (non-hydrogen) atoms. The summed E-state index contributed by atoms with van der Waals surface area (Å²) in [6, 6.07) is 0. The van der Waals surface area contributed by atoms with Crippen molar-refractivity contribution >= 4 is 6.21 Å². The summed E-state index contributed by atoms with van der Waals surface area (Å²) >= 11 is 0. The van der Waals surface area contributed by atoms with Crippen molar-refractivity contribution in [1.82, 2.24) is 0 Å². The van der Waals surface area contributed by atoms with E-state index < -0.39 is 0 Å². The minimum absolute atomic E-state index is 0.375. The molecule has 0 heterocycles. The van der Waals surface area contributed by atoms with Gasteiger partial charge in [0, 0.05) is 11.6 Å². The van der Waals surface area contributed by atoms with Crippen molar-refractivity contribution in [1.29, 1.82) is 5.41 Å². The van der Waals surface area contributed by atoms with Crippen LogP contribution in [0.25, 0.3) is 0 Å². The molecule has 1 rings (SSSR count). The summed E-state index contributed by atoms with van der Waals surface area (Å²) < 4.78 is 0. The molecule has 1 N–H and O–H groups in total. The summed E-state index contributed by atoms with van der Waals surface area (Å²) in [5.41, 5.74) is 0.375. The number of hydrogen-bond acceptors (Lipinski definition) is 1. The van der Waals surface area contributed by atoms with E-state index in [4.69, 9.17) is 5.41 Å². The van der Waals surface area contributed by atoms with E-state index in [-0.39, 0.29) is 0 Å². The first-order chi connectivity index (χ1) is 3.33. The van der Waals surface area contributed by atoms with Crippen LogP contribution in [0.3, 0.4) is 0 Å². The largest absolute Gasteiger partial charge is 0.313 e. The van der Waals surface area contributed by atoms with Gasteiger partial charge in [0.2, 0.25) is 0 Å². The van der Waals surface area contributed by atoms with Gasteiger partial charge in [0.05, 0.1) is 0 Å². The fraction of sp³-hybridized carbons (Fsp3) is 0.833. The highest BCUT2D eigenvalue weighted by atomic mass is 14.5. The highest BCUT2D eigenvalue weighted by Crippen LogP contribution is 2.46. The van der Waals surface area contributed by atoms with Gasteiger partial charge in [-0.1, -0.05) is 6.92 Å². The fourth-order valence-corrected chi connectivity index (χ4v) is 0.761. The van der Waals surface area contributed by atoms with Crippen LogP contribution in [0.4, 0.5) is 0 Å². The highest BCUT2D eigenvalue weighted by Gasteiger charge is 2.38. The lowest BCUT2D eigenvalue weighted by Gasteiger charge is -1.98. The average Bonchev–Trinajstić information content (AvgIpc) is 2.46. The molecule has 0 amide bonds. The molecule has 1 saturated carbocycles. The minimum atomic E-state index is 0.375. The summed E-state index contributed by atoms with van der Waals surface area (Å²) in [5, 5.41) is 6.94. The topological polar surface area (TPSA) is 23.9 Å². The maximum atomic E-state index is 6.94. The van der Waals surface area contributed by atoms with Crippen LogP contribution in [-0.4, -0.2) is 6.21 Å². The first-order valence-electron chi connectivity index (χ1n) is 2.85. The van der Waals surface area contributed by atoms with Crippen LogP contribution in [0.5, 0.6) is 0 Å². The molecule has 0 aromatic heterocycles. The lowest BCUT2D eigenvalue weighted by Crippen LogP contribution is -1.96. The van der Waals surface area contributed by atoms with E-state index in [2.05, 4.69) is 6.92 Å². The van der Waals surface area contributed by atoms with E-state index >= 15 is 0 Å². The average molecular weight is 97.2 g/mol. The SMILES string of the molecule is CCC1(C=N)CC1. The Labute approximate surface area is 44.2 Å². The molecule has 0 atom stereocenters. The monoisotopic (exact) mass is 97.1 g/mol. The van der Waals surface area contributed by atoms with Crippen LogP contribution in [0.1, 0.15) is 26.2 Å². The normalized spacial score (nSPS) is 24.1. The highest BCUT2D eigenvalue weighted by molar-refractivity contribution is 5.65. The Bertz CT molecular complexity index is 82.2. The minimum Gasteiger partial charge on any atom is -0.313 e. The summed E-state index contributed by atoms with van der Waals surface area (Å²) in [5.74, 6) is 0. The molecule has 1 nitrogen and oxygen atoms in total. The van der Waals surface area contributed by atoms with E-state index in [9.17, 15) is 0 Å². The molecule has 0 spiro atoms. The second kappa shape index (κ2) is 1.32. The van der Waals surface area contributed by atoms with Gasteiger partial charge in [-0.05, 0) is 19.3 Å². The zero-order valence-electron chi connectivity index (χ0n) is 4.70. The summed E-state index contributed by atoms with van der Waals surface area (Å²) in [6.07, 6.45) is 5.28. The fourth-order valence-electron chi connectivity index (χ4n) is 0.761. The number of hydrogen-bond donors (Lipinski definition) is 1. The second-order valence-electron chi connectivity index (χ2n) is 2.36. The zero-order valence-corrected chi connectivity index (χ0v) is 4.70. The molecule has 0 aliphatic heterocycles. The lowest BCUT2D eigenvalue weighted by atomic mass is 10.1. The molecule has 1 aliphatic carbocycles. The van der Waals surface area contributed by atoms with Crippen LogP contribution >= 0.6 is 0 Å². The van der Waals surface area contributed by atoms with Crippen LogP contribution in [-0.2, 0) is 0 Å². The molecule has 1 aliphatic rings. The quantitative estimate of drug-likeness (QED) is 0.508. The molecule has 1 fully saturated rings. The zero-order chi connectivity index (χ0) is 5.33. The van der Waals surface area contributed by atoms with Gasteiger partial charge in [-0.25, -0.2) is 0 Å². The summed E-state index contributed by atoms with van der Waals surface area (Å²) in [6.45, 7) is 2.15. The van der Waals surface area contributed by atoms with Gasteiger partial charge >= 0.3 is 0 Å². The maximum Gasteiger partial charge on any atom is 0.00476 e. The molecule has 0 bridgehead atoms. The van der Waals surface area contributed by atoms with Gasteiger partial charge < -0.3 is 5.41 Å². The summed E-state index contributed by atoms with van der Waals surface area (Å²) in [4.78, 5) is 0. The standard InChI is InChI=1S/C6H11N/c1-2-6(5-7)3-4-6/h5,7H,2-4H2,1H3. The predicted molar refractivity (Wildman–Crippen MR) is 30.7 cm³/mol. The van der Waals surface area contributed by atoms with Gasteiger partial charge in [0.15, 0.2) is 0 Å². The van der Waals surface area contributed by atoms with Crippen molar-refractivity contribution in [2.75, 3.05) is 0 Å². The molecule has 0 aromatic carbocycles. The van der Waals surface area contributed by atoms with Crippen LogP contribution < -0.4 is 0 Å². The number of nitrogens with one attached hydrogen (secondary N) is 1. The van der Waals surface area contributed by atoms with Crippen LogP contribution in [0, 0.1) is 10.8 Å². The Kier molecular flexibility index (Phi) is 0.911. The molecular weight excluding hydrogens is 86.1 g/mol. The van der Waals surface area contributed by atoms with Gasteiger partial charge in [0.25, 0.3) is 0 Å². The predicted octanol–water partition coefficient (Wildman–Crippen LogP) is 1.83. The smallest absolute Gasteiger partial charge is 0.00476 e. The van der Waals surface area contributed by atoms with E-state index in [0.717, 1.165) is 6.42 Å². The molecule has 0 saturated heterocycles. The van der Waals surface area contributed by atoms with Crippen molar-refractivity contribution in [2.24, 2.45) is 5.41 Å². The Balaban J connectivity index is 2.42. The van der Waals surface area contributed by atoms with Gasteiger partial charge in [-0.15, -0.1) is 0 Å². The Hall–Kier alpha value is -0.330. The Morgan fingerprint density at radius 3 is 2.29 bits per heavy atom. The molecule has 40 valence electrons. The van der Waals surface area contributed by atoms with E-state index in [1.54, 1.807) is 6.21 Å². The molecular formula is C6H11N. The third-order valence-electron chi connectivity index (χ3n) is 1.90. The van der Waals surface area contributed by atoms with E-state index in [1.807, 2.05) is 0 Å². The van der Waals surface area contributed by atoms with Gasteiger partial charge in [-0.3, -0.25) is 0 Å². The van der Waals surface area contributed by atoms with Crippen molar-refractivity contribution in [3.8, 4) is 0 Å². The summed E-state index contributed by atoms with van der Waals surface area (Å²) in [7, 11) is 0. The third-order valence-corrected chi connectivity index (χ3v) is 1.90.